The first-order chi connectivity index (χ1) is 7.11. The fourth-order valence-electron chi connectivity index (χ4n) is 1.89. The highest BCUT2D eigenvalue weighted by atomic mass is 16.5. The zero-order valence-electron chi connectivity index (χ0n) is 9.69. The molecule has 0 N–H and O–H groups in total. The van der Waals surface area contributed by atoms with Gasteiger partial charge in [-0.3, -0.25) is 4.79 Å². The van der Waals surface area contributed by atoms with Gasteiger partial charge < -0.3 is 14.2 Å². The van der Waals surface area contributed by atoms with Gasteiger partial charge >= 0.3 is 0 Å². The summed E-state index contributed by atoms with van der Waals surface area (Å²) >= 11 is 0. The molecule has 2 atom stereocenters. The van der Waals surface area contributed by atoms with Crippen LogP contribution in [0.2, 0.25) is 0 Å². The smallest absolute Gasteiger partial charge is 0.183 e. The third kappa shape index (κ3) is 4.73. The Morgan fingerprint density at radius 1 is 1.27 bits per heavy atom. The molecule has 0 amide bonds. The quantitative estimate of drug-likeness (QED) is 0.692. The minimum absolute atomic E-state index is 0.00991. The number of Topliss-reactive ketones (excluding diaryl/α,β-unsaturated/α-hetero) is 1. The fraction of sp³-hybridized carbons (Fsp3) is 0.909. The van der Waals surface area contributed by atoms with Crippen LogP contribution in [0.5, 0.6) is 0 Å². The van der Waals surface area contributed by atoms with Gasteiger partial charge in [-0.2, -0.15) is 0 Å². The van der Waals surface area contributed by atoms with Gasteiger partial charge in [-0.1, -0.05) is 0 Å². The van der Waals surface area contributed by atoms with Gasteiger partial charge in [-0.05, 0) is 26.7 Å². The molecule has 1 aliphatic rings. The lowest BCUT2D eigenvalue weighted by molar-refractivity contribution is -0.137. The third-order valence-electron chi connectivity index (χ3n) is 2.44. The number of carbonyl (C=O) groups is 1. The predicted octanol–water partition coefficient (Wildman–Crippen LogP) is 1.17. The van der Waals surface area contributed by atoms with Crippen molar-refractivity contribution < 1.29 is 19.0 Å². The van der Waals surface area contributed by atoms with Crippen molar-refractivity contribution >= 4 is 5.78 Å². The Morgan fingerprint density at radius 3 is 2.40 bits per heavy atom. The molecule has 0 aromatic rings. The van der Waals surface area contributed by atoms with E-state index in [2.05, 4.69) is 0 Å². The van der Waals surface area contributed by atoms with Crippen molar-refractivity contribution in [2.24, 2.45) is 0 Å². The van der Waals surface area contributed by atoms with Crippen molar-refractivity contribution in [1.29, 1.82) is 0 Å². The highest BCUT2D eigenvalue weighted by Crippen LogP contribution is 2.21. The molecule has 4 nitrogen and oxygen atoms in total. The number of carbonyl (C=O) groups excluding carboxylic acids is 1. The summed E-state index contributed by atoms with van der Waals surface area (Å²) in [6.07, 6.45) is 2.31. The molecule has 88 valence electrons. The van der Waals surface area contributed by atoms with Crippen molar-refractivity contribution in [2.75, 3.05) is 20.3 Å². The van der Waals surface area contributed by atoms with Crippen LogP contribution in [-0.2, 0) is 19.0 Å². The van der Waals surface area contributed by atoms with Gasteiger partial charge in [0.15, 0.2) is 5.78 Å². The summed E-state index contributed by atoms with van der Waals surface area (Å²) in [4.78, 5) is 11.2. The van der Waals surface area contributed by atoms with Gasteiger partial charge in [-0.25, -0.2) is 0 Å². The molecule has 2 unspecified atom stereocenters. The Morgan fingerprint density at radius 2 is 1.87 bits per heavy atom. The van der Waals surface area contributed by atoms with Crippen molar-refractivity contribution in [2.45, 2.75) is 45.0 Å². The first-order valence-corrected chi connectivity index (χ1v) is 5.39. The zero-order valence-corrected chi connectivity index (χ0v) is 9.69. The Hall–Kier alpha value is -0.450. The number of ketones is 1. The molecule has 0 aliphatic carbocycles. The normalized spacial score (nSPS) is 31.5. The minimum atomic E-state index is -0.00991. The second-order valence-electron chi connectivity index (χ2n) is 4.13. The van der Waals surface area contributed by atoms with Gasteiger partial charge in [0.2, 0.25) is 0 Å². The van der Waals surface area contributed by atoms with Crippen molar-refractivity contribution in [3.05, 3.63) is 0 Å². The lowest BCUT2D eigenvalue weighted by Gasteiger charge is -2.31. The van der Waals surface area contributed by atoms with Gasteiger partial charge in [0.25, 0.3) is 0 Å². The van der Waals surface area contributed by atoms with E-state index in [9.17, 15) is 4.79 Å². The lowest BCUT2D eigenvalue weighted by Crippen LogP contribution is -2.35. The molecule has 1 heterocycles. The van der Waals surface area contributed by atoms with E-state index < -0.39 is 0 Å². The minimum Gasteiger partial charge on any atom is -0.377 e. The Bertz CT molecular complexity index is 195. The molecule has 1 saturated heterocycles. The van der Waals surface area contributed by atoms with Crippen LogP contribution >= 0.6 is 0 Å². The molecular formula is C11H20O4. The standard InChI is InChI=1S/C11H20O4/c1-8-4-11(5-9(2)15-8)14-7-10(12)6-13-3/h8-9,11H,4-7H2,1-3H3. The van der Waals surface area contributed by atoms with E-state index in [0.29, 0.717) is 0 Å². The molecule has 0 aromatic carbocycles. The second-order valence-corrected chi connectivity index (χ2v) is 4.13. The largest absolute Gasteiger partial charge is 0.377 e. The van der Waals surface area contributed by atoms with Crippen molar-refractivity contribution in [1.82, 2.24) is 0 Å². The van der Waals surface area contributed by atoms with E-state index in [-0.39, 0.29) is 37.3 Å². The molecule has 0 spiro atoms. The number of hydrogen-bond acceptors (Lipinski definition) is 4. The van der Waals surface area contributed by atoms with E-state index in [0.717, 1.165) is 12.8 Å². The molecule has 0 bridgehead atoms. The first-order valence-electron chi connectivity index (χ1n) is 5.39. The molecule has 4 heteroatoms. The maximum absolute atomic E-state index is 11.2. The van der Waals surface area contributed by atoms with Crippen molar-refractivity contribution in [3.63, 3.8) is 0 Å². The summed E-state index contributed by atoms with van der Waals surface area (Å²) in [6.45, 7) is 4.35. The molecular weight excluding hydrogens is 196 g/mol. The predicted molar refractivity (Wildman–Crippen MR) is 55.9 cm³/mol. The van der Waals surface area contributed by atoms with Gasteiger partial charge in [0.1, 0.15) is 13.2 Å². The molecule has 1 rings (SSSR count). The van der Waals surface area contributed by atoms with E-state index in [1.165, 1.54) is 7.11 Å². The number of methoxy groups -OCH3 is 1. The van der Waals surface area contributed by atoms with Gasteiger partial charge in [-0.15, -0.1) is 0 Å². The maximum Gasteiger partial charge on any atom is 0.183 e. The molecule has 0 saturated carbocycles. The first kappa shape index (κ1) is 12.6. The van der Waals surface area contributed by atoms with Crippen LogP contribution in [0.3, 0.4) is 0 Å². The molecule has 0 radical (unpaired) electrons. The van der Waals surface area contributed by atoms with E-state index in [1.54, 1.807) is 0 Å². The Kier molecular flexibility index (Phi) is 5.22. The lowest BCUT2D eigenvalue weighted by atomic mass is 10.0. The second kappa shape index (κ2) is 6.20. The molecule has 0 aromatic heterocycles. The Labute approximate surface area is 90.9 Å². The van der Waals surface area contributed by atoms with Crippen molar-refractivity contribution in [3.8, 4) is 0 Å². The van der Waals surface area contributed by atoms with E-state index in [1.807, 2.05) is 13.8 Å². The van der Waals surface area contributed by atoms with Gasteiger partial charge in [0, 0.05) is 7.11 Å². The summed E-state index contributed by atoms with van der Waals surface area (Å²) in [5.74, 6) is -0.00991. The number of ether oxygens (including phenoxy) is 3. The summed E-state index contributed by atoms with van der Waals surface area (Å²) in [5, 5.41) is 0. The van der Waals surface area contributed by atoms with Crippen LogP contribution < -0.4 is 0 Å². The summed E-state index contributed by atoms with van der Waals surface area (Å²) in [7, 11) is 1.51. The van der Waals surface area contributed by atoms with Crippen LogP contribution in [0.15, 0.2) is 0 Å². The molecule has 1 fully saturated rings. The van der Waals surface area contributed by atoms with Crippen LogP contribution in [0.25, 0.3) is 0 Å². The highest BCUT2D eigenvalue weighted by Gasteiger charge is 2.25. The van der Waals surface area contributed by atoms with Crippen LogP contribution in [0, 0.1) is 0 Å². The highest BCUT2D eigenvalue weighted by molar-refractivity contribution is 5.80. The van der Waals surface area contributed by atoms with E-state index in [4.69, 9.17) is 14.2 Å². The summed E-state index contributed by atoms with van der Waals surface area (Å²) in [6, 6.07) is 0. The SMILES string of the molecule is COCC(=O)COC1CC(C)OC(C)C1. The average molecular weight is 216 g/mol. The molecule has 15 heavy (non-hydrogen) atoms. The number of rotatable bonds is 5. The van der Waals surface area contributed by atoms with Crippen LogP contribution in [0.1, 0.15) is 26.7 Å². The number of hydrogen-bond donors (Lipinski definition) is 0. The summed E-state index contributed by atoms with van der Waals surface area (Å²) < 4.78 is 15.8. The maximum atomic E-state index is 11.2. The topological polar surface area (TPSA) is 44.8 Å². The van der Waals surface area contributed by atoms with Crippen LogP contribution in [0.4, 0.5) is 0 Å². The fourth-order valence-corrected chi connectivity index (χ4v) is 1.89. The zero-order chi connectivity index (χ0) is 11.3. The average Bonchev–Trinajstić information content (AvgIpc) is 2.14. The van der Waals surface area contributed by atoms with Crippen LogP contribution in [-0.4, -0.2) is 44.4 Å². The van der Waals surface area contributed by atoms with E-state index >= 15 is 0 Å². The summed E-state index contributed by atoms with van der Waals surface area (Å²) in [5.41, 5.74) is 0. The third-order valence-corrected chi connectivity index (χ3v) is 2.44. The van der Waals surface area contributed by atoms with Gasteiger partial charge in [0.05, 0.1) is 18.3 Å². The molecule has 1 aliphatic heterocycles. The Balaban J connectivity index is 2.23. The monoisotopic (exact) mass is 216 g/mol.